The molecular formula is C49H94O6. The van der Waals surface area contributed by atoms with Crippen molar-refractivity contribution in [1.82, 2.24) is 0 Å². The fourth-order valence-corrected chi connectivity index (χ4v) is 7.33. The largest absolute Gasteiger partial charge is 0.462 e. The second-order valence-corrected chi connectivity index (χ2v) is 17.2. The number of carbonyl (C=O) groups is 3. The highest BCUT2D eigenvalue weighted by atomic mass is 16.6. The van der Waals surface area contributed by atoms with Gasteiger partial charge in [0.15, 0.2) is 6.10 Å². The number of hydrogen-bond donors (Lipinski definition) is 0. The molecule has 0 bridgehead atoms. The van der Waals surface area contributed by atoms with E-state index in [0.29, 0.717) is 19.3 Å². The summed E-state index contributed by atoms with van der Waals surface area (Å²) in [6, 6.07) is 0. The van der Waals surface area contributed by atoms with E-state index in [4.69, 9.17) is 14.2 Å². The predicted octanol–water partition coefficient (Wildman–Crippen LogP) is 15.5. The average Bonchev–Trinajstić information content (AvgIpc) is 3.17. The molecule has 0 amide bonds. The van der Waals surface area contributed by atoms with Gasteiger partial charge in [0, 0.05) is 19.3 Å². The van der Waals surface area contributed by atoms with E-state index in [1.54, 1.807) is 0 Å². The molecule has 0 aliphatic heterocycles. The van der Waals surface area contributed by atoms with E-state index in [2.05, 4.69) is 27.7 Å². The van der Waals surface area contributed by atoms with Crippen LogP contribution in [0.1, 0.15) is 272 Å². The van der Waals surface area contributed by atoms with Gasteiger partial charge in [-0.2, -0.15) is 0 Å². The highest BCUT2D eigenvalue weighted by Gasteiger charge is 2.19. The average molecular weight is 779 g/mol. The van der Waals surface area contributed by atoms with Crippen LogP contribution < -0.4 is 0 Å². The third-order valence-electron chi connectivity index (χ3n) is 11.0. The first-order valence-electron chi connectivity index (χ1n) is 24.4. The maximum Gasteiger partial charge on any atom is 0.306 e. The van der Waals surface area contributed by atoms with Crippen molar-refractivity contribution in [3.63, 3.8) is 0 Å². The summed E-state index contributed by atoms with van der Waals surface area (Å²) < 4.78 is 16.7. The van der Waals surface area contributed by atoms with Crippen molar-refractivity contribution < 1.29 is 28.6 Å². The molecule has 0 spiro atoms. The van der Waals surface area contributed by atoms with E-state index in [-0.39, 0.29) is 31.1 Å². The topological polar surface area (TPSA) is 78.9 Å². The molecule has 0 aliphatic carbocycles. The molecule has 0 rings (SSSR count). The molecule has 55 heavy (non-hydrogen) atoms. The van der Waals surface area contributed by atoms with Gasteiger partial charge in [-0.3, -0.25) is 14.4 Å². The Bertz CT molecular complexity index is 826. The Morgan fingerprint density at radius 1 is 0.345 bits per heavy atom. The van der Waals surface area contributed by atoms with Crippen LogP contribution in [0, 0.1) is 5.92 Å². The molecule has 0 heterocycles. The van der Waals surface area contributed by atoms with Gasteiger partial charge in [-0.15, -0.1) is 0 Å². The molecule has 0 saturated carbocycles. The van der Waals surface area contributed by atoms with E-state index < -0.39 is 6.10 Å². The van der Waals surface area contributed by atoms with Crippen molar-refractivity contribution in [2.24, 2.45) is 5.92 Å². The zero-order chi connectivity index (χ0) is 40.3. The van der Waals surface area contributed by atoms with Crippen LogP contribution in [0.5, 0.6) is 0 Å². The van der Waals surface area contributed by atoms with Gasteiger partial charge >= 0.3 is 17.9 Å². The highest BCUT2D eigenvalue weighted by molar-refractivity contribution is 5.71. The van der Waals surface area contributed by atoms with Crippen molar-refractivity contribution in [3.8, 4) is 0 Å². The van der Waals surface area contributed by atoms with Crippen molar-refractivity contribution in [2.75, 3.05) is 13.2 Å². The Hall–Kier alpha value is -1.59. The molecule has 0 fully saturated rings. The van der Waals surface area contributed by atoms with Crippen molar-refractivity contribution >= 4 is 17.9 Å². The predicted molar refractivity (Wildman–Crippen MR) is 233 cm³/mol. The molecule has 0 unspecified atom stereocenters. The molecule has 0 radical (unpaired) electrons. The molecule has 0 saturated heterocycles. The molecular weight excluding hydrogens is 685 g/mol. The zero-order valence-corrected chi connectivity index (χ0v) is 37.4. The van der Waals surface area contributed by atoms with E-state index in [0.717, 1.165) is 63.7 Å². The molecule has 0 aromatic rings. The summed E-state index contributed by atoms with van der Waals surface area (Å²) in [6.45, 7) is 9.00. The number of esters is 3. The van der Waals surface area contributed by atoms with Gasteiger partial charge in [0.25, 0.3) is 0 Å². The van der Waals surface area contributed by atoms with Gasteiger partial charge in [0.1, 0.15) is 13.2 Å². The Labute approximate surface area is 342 Å². The van der Waals surface area contributed by atoms with Gasteiger partial charge < -0.3 is 14.2 Å². The monoisotopic (exact) mass is 779 g/mol. The van der Waals surface area contributed by atoms with Gasteiger partial charge in [-0.1, -0.05) is 233 Å². The van der Waals surface area contributed by atoms with Crippen molar-refractivity contribution in [1.29, 1.82) is 0 Å². The second kappa shape index (κ2) is 43.5. The molecule has 326 valence electrons. The lowest BCUT2D eigenvalue weighted by Gasteiger charge is -2.18. The maximum absolute atomic E-state index is 12.7. The molecule has 0 N–H and O–H groups in total. The molecule has 0 aliphatic rings. The number of rotatable bonds is 44. The van der Waals surface area contributed by atoms with Crippen LogP contribution in [-0.2, 0) is 28.6 Å². The van der Waals surface area contributed by atoms with E-state index in [9.17, 15) is 14.4 Å². The lowest BCUT2D eigenvalue weighted by atomic mass is 10.0. The van der Waals surface area contributed by atoms with E-state index in [1.165, 1.54) is 167 Å². The SMILES string of the molecule is CCCCCCCCCCCCCCC(=O)OC[C@H](COC(=O)CCCCCCCCCCCCCCCC(C)C)OC(=O)CCCCCCCCCCC. The number of unbranched alkanes of at least 4 members (excludes halogenated alkanes) is 31. The number of hydrogen-bond acceptors (Lipinski definition) is 6. The molecule has 6 heteroatoms. The molecule has 1 atom stereocenters. The fourth-order valence-electron chi connectivity index (χ4n) is 7.33. The van der Waals surface area contributed by atoms with Crippen LogP contribution in [0.15, 0.2) is 0 Å². The maximum atomic E-state index is 12.7. The first-order chi connectivity index (χ1) is 26.9. The molecule has 6 nitrogen and oxygen atoms in total. The van der Waals surface area contributed by atoms with Gasteiger partial charge in [-0.25, -0.2) is 0 Å². The quantitative estimate of drug-likeness (QED) is 0.0348. The lowest BCUT2D eigenvalue weighted by molar-refractivity contribution is -0.167. The second-order valence-electron chi connectivity index (χ2n) is 17.2. The van der Waals surface area contributed by atoms with Crippen LogP contribution in [-0.4, -0.2) is 37.2 Å². The first-order valence-corrected chi connectivity index (χ1v) is 24.4. The Kier molecular flexibility index (Phi) is 42.3. The van der Waals surface area contributed by atoms with Crippen LogP contribution in [0.4, 0.5) is 0 Å². The van der Waals surface area contributed by atoms with Crippen LogP contribution >= 0.6 is 0 Å². The summed E-state index contributed by atoms with van der Waals surface area (Å²) in [5.41, 5.74) is 0. The van der Waals surface area contributed by atoms with Crippen molar-refractivity contribution in [3.05, 3.63) is 0 Å². The Morgan fingerprint density at radius 3 is 0.891 bits per heavy atom. The fraction of sp³-hybridized carbons (Fsp3) is 0.939. The normalized spacial score (nSPS) is 11.9. The number of ether oxygens (including phenoxy) is 3. The zero-order valence-electron chi connectivity index (χ0n) is 37.4. The third kappa shape index (κ3) is 43.4. The molecule has 0 aromatic heterocycles. The summed E-state index contributed by atoms with van der Waals surface area (Å²) in [4.78, 5) is 37.7. The lowest BCUT2D eigenvalue weighted by Crippen LogP contribution is -2.30. The van der Waals surface area contributed by atoms with Crippen molar-refractivity contribution in [2.45, 2.75) is 278 Å². The minimum atomic E-state index is -0.759. The van der Waals surface area contributed by atoms with Gasteiger partial charge in [-0.05, 0) is 25.2 Å². The van der Waals surface area contributed by atoms with Gasteiger partial charge in [0.2, 0.25) is 0 Å². The van der Waals surface area contributed by atoms with Crippen LogP contribution in [0.3, 0.4) is 0 Å². The first kappa shape index (κ1) is 53.4. The number of carbonyl (C=O) groups excluding carboxylic acids is 3. The summed E-state index contributed by atoms with van der Waals surface area (Å²) in [7, 11) is 0. The van der Waals surface area contributed by atoms with E-state index in [1.807, 2.05) is 0 Å². The minimum absolute atomic E-state index is 0.0633. The van der Waals surface area contributed by atoms with Crippen LogP contribution in [0.25, 0.3) is 0 Å². The Balaban J connectivity index is 4.25. The summed E-state index contributed by atoms with van der Waals surface area (Å²) >= 11 is 0. The summed E-state index contributed by atoms with van der Waals surface area (Å²) in [5.74, 6) is -0.0116. The minimum Gasteiger partial charge on any atom is -0.462 e. The van der Waals surface area contributed by atoms with Crippen LogP contribution in [0.2, 0.25) is 0 Å². The highest BCUT2D eigenvalue weighted by Crippen LogP contribution is 2.17. The smallest absolute Gasteiger partial charge is 0.306 e. The Morgan fingerprint density at radius 2 is 0.600 bits per heavy atom. The standard InChI is InChI=1S/C49H94O6/c1-5-7-9-11-13-15-16-21-25-28-32-36-40-47(50)53-43-46(55-49(52)42-38-34-30-23-14-12-10-8-6-2)44-54-48(51)41-37-33-29-26-22-19-17-18-20-24-27-31-35-39-45(3)4/h45-46H,5-44H2,1-4H3/t46-/m1/s1. The molecule has 0 aromatic carbocycles. The summed E-state index contributed by atoms with van der Waals surface area (Å²) in [5, 5.41) is 0. The third-order valence-corrected chi connectivity index (χ3v) is 11.0. The summed E-state index contributed by atoms with van der Waals surface area (Å²) in [6.07, 6.45) is 43.7. The van der Waals surface area contributed by atoms with E-state index >= 15 is 0 Å². The van der Waals surface area contributed by atoms with Gasteiger partial charge in [0.05, 0.1) is 0 Å².